The Kier molecular flexibility index (Phi) is 4.99. The van der Waals surface area contributed by atoms with Crippen molar-refractivity contribution in [1.29, 1.82) is 0 Å². The molecule has 1 amide bonds. The Morgan fingerprint density at radius 3 is 2.68 bits per heavy atom. The highest BCUT2D eigenvalue weighted by molar-refractivity contribution is 7.20. The third kappa shape index (κ3) is 3.34. The highest BCUT2D eigenvalue weighted by Gasteiger charge is 2.27. The summed E-state index contributed by atoms with van der Waals surface area (Å²) >= 11 is 1.18. The molecular weight excluding hydrogens is 378 g/mol. The Labute approximate surface area is 167 Å². The number of aromatic nitrogens is 2. The van der Waals surface area contributed by atoms with Crippen LogP contribution >= 0.6 is 11.3 Å². The van der Waals surface area contributed by atoms with Gasteiger partial charge in [0.1, 0.15) is 15.5 Å². The average molecular weight is 404 g/mol. The number of aryl methyl sites for hydroxylation is 2. The minimum atomic E-state index is -0.559. The molecule has 150 valence electrons. The number of rotatable bonds is 3. The summed E-state index contributed by atoms with van der Waals surface area (Å²) in [5.74, 6) is 0.963. The molecule has 1 fully saturated rings. The Balaban J connectivity index is 1.50. The second-order valence-corrected chi connectivity index (χ2v) is 9.14. The van der Waals surface area contributed by atoms with Crippen LogP contribution < -0.4 is 5.56 Å². The summed E-state index contributed by atoms with van der Waals surface area (Å²) in [5, 5.41) is 0.493. The highest BCUT2D eigenvalue weighted by atomic mass is 32.1. The van der Waals surface area contributed by atoms with Crippen LogP contribution in [0.25, 0.3) is 10.2 Å². The van der Waals surface area contributed by atoms with Gasteiger partial charge in [0.25, 0.3) is 11.5 Å². The van der Waals surface area contributed by atoms with E-state index in [0.29, 0.717) is 52.1 Å². The number of nitrogens with zero attached hydrogens (tertiary/aromatic N) is 3. The lowest BCUT2D eigenvalue weighted by atomic mass is 9.92. The fourth-order valence-electron chi connectivity index (χ4n) is 4.42. The SMILES string of the molecule is Cc1c(C(=O)OCC(=O)N2C[C@H](C)C[C@H](C)C2)sc2nc3n(c(=O)c12)CCC3. The van der Waals surface area contributed by atoms with Gasteiger partial charge in [-0.2, -0.15) is 0 Å². The lowest BCUT2D eigenvalue weighted by molar-refractivity contribution is -0.137. The Bertz CT molecular complexity index is 999. The van der Waals surface area contributed by atoms with Gasteiger partial charge < -0.3 is 9.64 Å². The number of carbonyl (C=O) groups excluding carboxylic acids is 2. The van der Waals surface area contributed by atoms with E-state index < -0.39 is 5.97 Å². The third-order valence-corrected chi connectivity index (χ3v) is 6.81. The van der Waals surface area contributed by atoms with Crippen molar-refractivity contribution in [3.8, 4) is 0 Å². The van der Waals surface area contributed by atoms with E-state index in [2.05, 4.69) is 18.8 Å². The molecule has 2 aliphatic heterocycles. The smallest absolute Gasteiger partial charge is 0.349 e. The topological polar surface area (TPSA) is 81.5 Å². The first kappa shape index (κ1) is 19.1. The summed E-state index contributed by atoms with van der Waals surface area (Å²) in [4.78, 5) is 45.1. The first-order valence-corrected chi connectivity index (χ1v) is 10.6. The van der Waals surface area contributed by atoms with Crippen LogP contribution in [-0.4, -0.2) is 46.0 Å². The number of piperidine rings is 1. The summed E-state index contributed by atoms with van der Waals surface area (Å²) < 4.78 is 7.00. The molecule has 0 radical (unpaired) electrons. The van der Waals surface area contributed by atoms with Crippen LogP contribution in [0, 0.1) is 18.8 Å². The summed E-state index contributed by atoms with van der Waals surface area (Å²) in [5.41, 5.74) is 0.509. The molecule has 2 aliphatic rings. The molecule has 0 spiro atoms. The molecule has 28 heavy (non-hydrogen) atoms. The molecule has 7 nitrogen and oxygen atoms in total. The van der Waals surface area contributed by atoms with Crippen molar-refractivity contribution in [3.63, 3.8) is 0 Å². The number of carbonyl (C=O) groups is 2. The monoisotopic (exact) mass is 403 g/mol. The first-order valence-electron chi connectivity index (χ1n) is 9.82. The first-order chi connectivity index (χ1) is 13.3. The van der Waals surface area contributed by atoms with Crippen molar-refractivity contribution in [2.24, 2.45) is 11.8 Å². The number of likely N-dealkylation sites (tertiary alicyclic amines) is 1. The van der Waals surface area contributed by atoms with E-state index in [9.17, 15) is 14.4 Å². The van der Waals surface area contributed by atoms with Gasteiger partial charge >= 0.3 is 5.97 Å². The van der Waals surface area contributed by atoms with Gasteiger partial charge in [-0.25, -0.2) is 9.78 Å². The Morgan fingerprint density at radius 1 is 1.25 bits per heavy atom. The molecule has 2 aromatic heterocycles. The van der Waals surface area contributed by atoms with Crippen LogP contribution in [0.3, 0.4) is 0 Å². The number of hydrogen-bond acceptors (Lipinski definition) is 6. The molecule has 8 heteroatoms. The Morgan fingerprint density at radius 2 is 1.96 bits per heavy atom. The van der Waals surface area contributed by atoms with Gasteiger partial charge in [0.05, 0.1) is 5.39 Å². The second-order valence-electron chi connectivity index (χ2n) is 8.15. The van der Waals surface area contributed by atoms with Crippen molar-refractivity contribution < 1.29 is 14.3 Å². The molecule has 0 saturated carbocycles. The van der Waals surface area contributed by atoms with E-state index in [1.807, 2.05) is 0 Å². The van der Waals surface area contributed by atoms with Crippen LogP contribution in [-0.2, 0) is 22.5 Å². The van der Waals surface area contributed by atoms with E-state index in [0.717, 1.165) is 25.1 Å². The normalized spacial score (nSPS) is 21.8. The standard InChI is InChI=1S/C20H25N3O4S/c1-11-7-12(2)9-22(8-11)15(24)10-27-20(26)17-13(3)16-18(28-17)21-14-5-4-6-23(14)19(16)25/h11-12H,4-10H2,1-3H3/t11-,12+. The van der Waals surface area contributed by atoms with E-state index >= 15 is 0 Å². The number of ether oxygens (including phenoxy) is 1. The molecule has 4 rings (SSSR count). The summed E-state index contributed by atoms with van der Waals surface area (Å²) in [6.45, 7) is 7.82. The molecule has 4 heterocycles. The van der Waals surface area contributed by atoms with Crippen molar-refractivity contribution in [2.75, 3.05) is 19.7 Å². The summed E-state index contributed by atoms with van der Waals surface area (Å²) in [7, 11) is 0. The van der Waals surface area contributed by atoms with E-state index in [4.69, 9.17) is 4.74 Å². The van der Waals surface area contributed by atoms with Crippen molar-refractivity contribution in [3.05, 3.63) is 26.6 Å². The second kappa shape index (κ2) is 7.31. The van der Waals surface area contributed by atoms with Crippen LogP contribution in [0.1, 0.15) is 47.7 Å². The number of fused-ring (bicyclic) bond motifs is 2. The predicted molar refractivity (Wildman–Crippen MR) is 107 cm³/mol. The van der Waals surface area contributed by atoms with Gasteiger partial charge in [0.15, 0.2) is 6.61 Å². The van der Waals surface area contributed by atoms with Crippen molar-refractivity contribution in [2.45, 2.75) is 46.6 Å². The maximum Gasteiger partial charge on any atom is 0.349 e. The Hall–Kier alpha value is -2.22. The lowest BCUT2D eigenvalue weighted by Gasteiger charge is -2.34. The van der Waals surface area contributed by atoms with E-state index in [1.165, 1.54) is 11.3 Å². The van der Waals surface area contributed by atoms with Crippen LogP contribution in [0.2, 0.25) is 0 Å². The highest BCUT2D eigenvalue weighted by Crippen LogP contribution is 2.29. The van der Waals surface area contributed by atoms with Gasteiger partial charge in [-0.05, 0) is 37.2 Å². The van der Waals surface area contributed by atoms with Crippen LogP contribution in [0.15, 0.2) is 4.79 Å². The van der Waals surface area contributed by atoms with Gasteiger partial charge in [-0.15, -0.1) is 11.3 Å². The minimum Gasteiger partial charge on any atom is -0.451 e. The molecule has 0 N–H and O–H groups in total. The third-order valence-electron chi connectivity index (χ3n) is 5.65. The summed E-state index contributed by atoms with van der Waals surface area (Å²) in [6, 6.07) is 0. The zero-order valence-corrected chi connectivity index (χ0v) is 17.3. The van der Waals surface area contributed by atoms with Crippen molar-refractivity contribution in [1.82, 2.24) is 14.5 Å². The quantitative estimate of drug-likeness (QED) is 0.735. The molecule has 2 atom stereocenters. The molecule has 0 unspecified atom stereocenters. The van der Waals surface area contributed by atoms with Gasteiger partial charge in [-0.1, -0.05) is 13.8 Å². The van der Waals surface area contributed by atoms with Crippen molar-refractivity contribution >= 4 is 33.4 Å². The predicted octanol–water partition coefficient (Wildman–Crippen LogP) is 2.37. The van der Waals surface area contributed by atoms with Gasteiger partial charge in [0, 0.05) is 26.1 Å². The zero-order valence-electron chi connectivity index (χ0n) is 16.5. The van der Waals surface area contributed by atoms with Crippen LogP contribution in [0.5, 0.6) is 0 Å². The number of thiophene rings is 1. The van der Waals surface area contributed by atoms with E-state index in [-0.39, 0.29) is 18.1 Å². The molecule has 2 aromatic rings. The fraction of sp³-hybridized carbons (Fsp3) is 0.600. The summed E-state index contributed by atoms with van der Waals surface area (Å²) in [6.07, 6.45) is 2.81. The molecular formula is C20H25N3O4S. The maximum absolute atomic E-state index is 12.7. The molecule has 0 aliphatic carbocycles. The van der Waals surface area contributed by atoms with E-state index in [1.54, 1.807) is 16.4 Å². The largest absolute Gasteiger partial charge is 0.451 e. The molecule has 0 bridgehead atoms. The minimum absolute atomic E-state index is 0.0855. The number of hydrogen-bond donors (Lipinski definition) is 0. The average Bonchev–Trinajstić information content (AvgIpc) is 3.24. The lowest BCUT2D eigenvalue weighted by Crippen LogP contribution is -2.44. The zero-order chi connectivity index (χ0) is 20.0. The molecule has 0 aromatic carbocycles. The van der Waals surface area contributed by atoms with Gasteiger partial charge in [-0.3, -0.25) is 14.2 Å². The fourth-order valence-corrected chi connectivity index (χ4v) is 5.50. The maximum atomic E-state index is 12.7. The van der Waals surface area contributed by atoms with Gasteiger partial charge in [0.2, 0.25) is 0 Å². The number of esters is 1. The molecule has 1 saturated heterocycles. The van der Waals surface area contributed by atoms with Crippen LogP contribution in [0.4, 0.5) is 0 Å². The number of amides is 1.